The van der Waals surface area contributed by atoms with Crippen LogP contribution in [0.5, 0.6) is 5.75 Å². The molecule has 1 heterocycles. The van der Waals surface area contributed by atoms with E-state index in [0.29, 0.717) is 23.1 Å². The highest BCUT2D eigenvalue weighted by Crippen LogP contribution is 2.28. The van der Waals surface area contributed by atoms with Crippen molar-refractivity contribution >= 4 is 23.2 Å². The summed E-state index contributed by atoms with van der Waals surface area (Å²) >= 11 is 6.07. The molecule has 0 bridgehead atoms. The van der Waals surface area contributed by atoms with Crippen molar-refractivity contribution < 1.29 is 13.9 Å². The van der Waals surface area contributed by atoms with Crippen LogP contribution in [-0.2, 0) is 0 Å². The van der Waals surface area contributed by atoms with E-state index in [1.54, 1.807) is 30.3 Å². The van der Waals surface area contributed by atoms with Gasteiger partial charge >= 0.3 is 0 Å². The van der Waals surface area contributed by atoms with Gasteiger partial charge in [0.25, 0.3) is 5.91 Å². The molecular weight excluding hydrogens is 266 g/mol. The van der Waals surface area contributed by atoms with E-state index in [2.05, 4.69) is 5.32 Å². The van der Waals surface area contributed by atoms with Gasteiger partial charge in [0.2, 0.25) is 0 Å². The predicted octanol–water partition coefficient (Wildman–Crippen LogP) is 3.97. The van der Waals surface area contributed by atoms with Crippen molar-refractivity contribution in [2.24, 2.45) is 0 Å². The Labute approximate surface area is 116 Å². The molecule has 19 heavy (non-hydrogen) atoms. The topological polar surface area (TPSA) is 51.5 Å². The van der Waals surface area contributed by atoms with E-state index in [-0.39, 0.29) is 11.7 Å². The van der Waals surface area contributed by atoms with E-state index in [1.165, 1.54) is 6.26 Å². The summed E-state index contributed by atoms with van der Waals surface area (Å²) in [6.45, 7) is 2.63. The van der Waals surface area contributed by atoms with Gasteiger partial charge in [-0.05, 0) is 36.8 Å². The number of nitrogens with one attached hydrogen (secondary N) is 1. The molecule has 0 spiro atoms. The van der Waals surface area contributed by atoms with Crippen molar-refractivity contribution in [2.45, 2.75) is 13.3 Å². The molecule has 1 amide bonds. The number of carbonyl (C=O) groups is 1. The van der Waals surface area contributed by atoms with Gasteiger partial charge in [0.15, 0.2) is 5.76 Å². The fourth-order valence-corrected chi connectivity index (χ4v) is 1.74. The summed E-state index contributed by atoms with van der Waals surface area (Å²) in [7, 11) is 0. The smallest absolute Gasteiger partial charge is 0.291 e. The number of ether oxygens (including phenoxy) is 1. The lowest BCUT2D eigenvalue weighted by molar-refractivity contribution is 0.0996. The molecule has 0 aliphatic rings. The second-order valence-electron chi connectivity index (χ2n) is 3.93. The number of benzene rings is 1. The van der Waals surface area contributed by atoms with Crippen LogP contribution in [0.15, 0.2) is 41.0 Å². The average molecular weight is 280 g/mol. The molecule has 1 aromatic carbocycles. The molecule has 0 unspecified atom stereocenters. The number of amides is 1. The Hall–Kier alpha value is -1.94. The van der Waals surface area contributed by atoms with Crippen molar-refractivity contribution in [3.05, 3.63) is 47.4 Å². The summed E-state index contributed by atoms with van der Waals surface area (Å²) in [6, 6.07) is 8.36. The van der Waals surface area contributed by atoms with Gasteiger partial charge in [-0.15, -0.1) is 0 Å². The maximum absolute atomic E-state index is 11.8. The molecule has 2 rings (SSSR count). The Bertz CT molecular complexity index is 552. The first kappa shape index (κ1) is 13.5. The summed E-state index contributed by atoms with van der Waals surface area (Å²) in [6.07, 6.45) is 2.36. The Morgan fingerprint density at radius 3 is 2.89 bits per heavy atom. The van der Waals surface area contributed by atoms with E-state index in [9.17, 15) is 4.79 Å². The van der Waals surface area contributed by atoms with Crippen LogP contribution in [0.1, 0.15) is 23.9 Å². The van der Waals surface area contributed by atoms with Crippen molar-refractivity contribution in [1.82, 2.24) is 0 Å². The number of anilines is 1. The zero-order chi connectivity index (χ0) is 13.7. The molecular formula is C14H14ClNO3. The minimum absolute atomic E-state index is 0.252. The second kappa shape index (κ2) is 6.29. The van der Waals surface area contributed by atoms with Crippen LogP contribution in [0, 0.1) is 0 Å². The molecule has 100 valence electrons. The highest BCUT2D eigenvalue weighted by molar-refractivity contribution is 6.32. The first-order valence-corrected chi connectivity index (χ1v) is 6.35. The number of rotatable bonds is 5. The number of halogens is 1. The third-order valence-electron chi connectivity index (χ3n) is 2.40. The molecule has 2 aromatic rings. The van der Waals surface area contributed by atoms with Crippen molar-refractivity contribution in [3.63, 3.8) is 0 Å². The van der Waals surface area contributed by atoms with Crippen molar-refractivity contribution in [3.8, 4) is 5.75 Å². The van der Waals surface area contributed by atoms with E-state index >= 15 is 0 Å². The third-order valence-corrected chi connectivity index (χ3v) is 2.69. The SMILES string of the molecule is CCCOc1ccc(NC(=O)c2ccco2)cc1Cl. The fraction of sp³-hybridized carbons (Fsp3) is 0.214. The van der Waals surface area contributed by atoms with Gasteiger partial charge in [0.1, 0.15) is 5.75 Å². The van der Waals surface area contributed by atoms with Crippen LogP contribution in [0.3, 0.4) is 0 Å². The maximum atomic E-state index is 11.8. The van der Waals surface area contributed by atoms with Crippen LogP contribution >= 0.6 is 11.6 Å². The van der Waals surface area contributed by atoms with Crippen LogP contribution in [0.2, 0.25) is 5.02 Å². The molecule has 0 radical (unpaired) electrons. The zero-order valence-electron chi connectivity index (χ0n) is 10.5. The predicted molar refractivity (Wildman–Crippen MR) is 73.9 cm³/mol. The van der Waals surface area contributed by atoms with Crippen LogP contribution in [-0.4, -0.2) is 12.5 Å². The van der Waals surface area contributed by atoms with Gasteiger partial charge in [-0.25, -0.2) is 0 Å². The normalized spacial score (nSPS) is 10.2. The third kappa shape index (κ3) is 3.51. The Morgan fingerprint density at radius 1 is 1.42 bits per heavy atom. The molecule has 0 aliphatic heterocycles. The lowest BCUT2D eigenvalue weighted by atomic mass is 10.3. The standard InChI is InChI=1S/C14H14ClNO3/c1-2-7-18-12-6-5-10(9-11(12)15)16-14(17)13-4-3-8-19-13/h3-6,8-9H,2,7H2,1H3,(H,16,17). The number of carbonyl (C=O) groups excluding carboxylic acids is 1. The van der Waals surface area contributed by atoms with Gasteiger partial charge in [-0.2, -0.15) is 0 Å². The first-order chi connectivity index (χ1) is 9.20. The van der Waals surface area contributed by atoms with Gasteiger partial charge in [-0.3, -0.25) is 4.79 Å². The highest BCUT2D eigenvalue weighted by Gasteiger charge is 2.10. The monoisotopic (exact) mass is 279 g/mol. The van der Waals surface area contributed by atoms with Crippen LogP contribution in [0.25, 0.3) is 0 Å². The molecule has 1 aromatic heterocycles. The Balaban J connectivity index is 2.05. The van der Waals surface area contributed by atoms with E-state index in [4.69, 9.17) is 20.8 Å². The maximum Gasteiger partial charge on any atom is 0.291 e. The van der Waals surface area contributed by atoms with Crippen LogP contribution in [0.4, 0.5) is 5.69 Å². The van der Waals surface area contributed by atoms with E-state index in [0.717, 1.165) is 6.42 Å². The summed E-state index contributed by atoms with van der Waals surface area (Å²) < 4.78 is 10.5. The minimum Gasteiger partial charge on any atom is -0.492 e. The average Bonchev–Trinajstić information content (AvgIpc) is 2.92. The summed E-state index contributed by atoms with van der Waals surface area (Å²) in [5.41, 5.74) is 0.593. The molecule has 0 fully saturated rings. The number of hydrogen-bond acceptors (Lipinski definition) is 3. The van der Waals surface area contributed by atoms with Gasteiger partial charge in [0, 0.05) is 5.69 Å². The molecule has 0 saturated heterocycles. The second-order valence-corrected chi connectivity index (χ2v) is 4.33. The summed E-state index contributed by atoms with van der Waals surface area (Å²) in [5, 5.41) is 3.16. The molecule has 4 nitrogen and oxygen atoms in total. The molecule has 0 aliphatic carbocycles. The zero-order valence-corrected chi connectivity index (χ0v) is 11.2. The highest BCUT2D eigenvalue weighted by atomic mass is 35.5. The quantitative estimate of drug-likeness (QED) is 0.901. The van der Waals surface area contributed by atoms with Crippen molar-refractivity contribution in [1.29, 1.82) is 0 Å². The van der Waals surface area contributed by atoms with Gasteiger partial charge in [-0.1, -0.05) is 18.5 Å². The number of hydrogen-bond donors (Lipinski definition) is 1. The van der Waals surface area contributed by atoms with Crippen molar-refractivity contribution in [2.75, 3.05) is 11.9 Å². The number of furan rings is 1. The minimum atomic E-state index is -0.316. The molecule has 1 N–H and O–H groups in total. The fourth-order valence-electron chi connectivity index (χ4n) is 1.51. The largest absolute Gasteiger partial charge is 0.492 e. The summed E-state index contributed by atoms with van der Waals surface area (Å²) in [4.78, 5) is 11.8. The van der Waals surface area contributed by atoms with Crippen LogP contribution < -0.4 is 10.1 Å². The van der Waals surface area contributed by atoms with E-state index in [1.807, 2.05) is 6.92 Å². The first-order valence-electron chi connectivity index (χ1n) is 5.98. The van der Waals surface area contributed by atoms with E-state index < -0.39 is 0 Å². The lowest BCUT2D eigenvalue weighted by Gasteiger charge is -2.09. The molecule has 0 saturated carbocycles. The Morgan fingerprint density at radius 2 is 2.26 bits per heavy atom. The lowest BCUT2D eigenvalue weighted by Crippen LogP contribution is -2.10. The molecule has 0 atom stereocenters. The van der Waals surface area contributed by atoms with Gasteiger partial charge in [0.05, 0.1) is 17.9 Å². The Kier molecular flexibility index (Phi) is 4.47. The molecule has 5 heteroatoms. The summed E-state index contributed by atoms with van der Waals surface area (Å²) in [5.74, 6) is 0.547. The van der Waals surface area contributed by atoms with Gasteiger partial charge < -0.3 is 14.5 Å².